The quantitative estimate of drug-likeness (QED) is 0.622. The summed E-state index contributed by atoms with van der Waals surface area (Å²) in [6.07, 6.45) is 2.64. The normalized spacial score (nSPS) is 25.2. The van der Waals surface area contributed by atoms with Crippen LogP contribution in [0, 0.1) is 5.92 Å². The third kappa shape index (κ3) is 3.48. The van der Waals surface area contributed by atoms with Crippen LogP contribution >= 0.6 is 0 Å². The molecule has 0 radical (unpaired) electrons. The standard InChI is InChI=1S/C11H21N3O2/c1-7(8(2)12)10(15)14-9-5-3-4-6-13-11(9)16/h7-9H,3-6,12H2,1-2H3,(H,13,16)(H,14,15). The van der Waals surface area contributed by atoms with E-state index in [0.29, 0.717) is 13.0 Å². The Bertz CT molecular complexity index is 266. The van der Waals surface area contributed by atoms with Crippen LogP contribution in [0.5, 0.6) is 0 Å². The van der Waals surface area contributed by atoms with Crippen LogP contribution in [0.2, 0.25) is 0 Å². The highest BCUT2D eigenvalue weighted by Crippen LogP contribution is 2.07. The predicted molar refractivity (Wildman–Crippen MR) is 61.6 cm³/mol. The minimum absolute atomic E-state index is 0.0808. The highest BCUT2D eigenvalue weighted by atomic mass is 16.2. The summed E-state index contributed by atoms with van der Waals surface area (Å²) in [5, 5.41) is 5.54. The molecule has 0 aliphatic carbocycles. The van der Waals surface area contributed by atoms with Crippen LogP contribution in [0.4, 0.5) is 0 Å². The van der Waals surface area contributed by atoms with Crippen LogP contribution in [-0.2, 0) is 9.59 Å². The van der Waals surface area contributed by atoms with Crippen LogP contribution in [0.25, 0.3) is 0 Å². The fraction of sp³-hybridized carbons (Fsp3) is 0.818. The summed E-state index contributed by atoms with van der Waals surface area (Å²) >= 11 is 0. The highest BCUT2D eigenvalue weighted by Gasteiger charge is 2.25. The summed E-state index contributed by atoms with van der Waals surface area (Å²) in [6.45, 7) is 4.26. The molecule has 1 aliphatic heterocycles. The molecule has 2 amide bonds. The predicted octanol–water partition coefficient (Wildman–Crippen LogP) is -0.245. The zero-order chi connectivity index (χ0) is 12.1. The fourth-order valence-corrected chi connectivity index (χ4v) is 1.62. The van der Waals surface area contributed by atoms with E-state index in [1.54, 1.807) is 13.8 Å². The van der Waals surface area contributed by atoms with Gasteiger partial charge in [-0.3, -0.25) is 9.59 Å². The molecule has 3 atom stereocenters. The van der Waals surface area contributed by atoms with Crippen molar-refractivity contribution in [1.82, 2.24) is 10.6 Å². The monoisotopic (exact) mass is 227 g/mol. The minimum Gasteiger partial charge on any atom is -0.354 e. The Labute approximate surface area is 96.1 Å². The van der Waals surface area contributed by atoms with E-state index in [2.05, 4.69) is 10.6 Å². The molecule has 16 heavy (non-hydrogen) atoms. The molecule has 1 saturated heterocycles. The lowest BCUT2D eigenvalue weighted by Gasteiger charge is -2.20. The van der Waals surface area contributed by atoms with Crippen molar-refractivity contribution in [3.63, 3.8) is 0 Å². The van der Waals surface area contributed by atoms with Crippen molar-refractivity contribution in [1.29, 1.82) is 0 Å². The van der Waals surface area contributed by atoms with E-state index in [4.69, 9.17) is 5.73 Å². The van der Waals surface area contributed by atoms with Crippen LogP contribution < -0.4 is 16.4 Å². The van der Waals surface area contributed by atoms with Gasteiger partial charge in [0, 0.05) is 18.5 Å². The minimum atomic E-state index is -0.392. The molecule has 5 heteroatoms. The Hall–Kier alpha value is -1.10. The number of amides is 2. The van der Waals surface area contributed by atoms with E-state index in [0.717, 1.165) is 12.8 Å². The van der Waals surface area contributed by atoms with Crippen LogP contribution in [0.15, 0.2) is 0 Å². The first kappa shape index (κ1) is 13.0. The molecule has 1 rings (SSSR count). The number of nitrogens with one attached hydrogen (secondary N) is 2. The molecule has 1 heterocycles. The number of carbonyl (C=O) groups excluding carboxylic acids is 2. The van der Waals surface area contributed by atoms with Crippen molar-refractivity contribution in [2.75, 3.05) is 6.54 Å². The molecular formula is C11H21N3O2. The SMILES string of the molecule is CC(N)C(C)C(=O)NC1CCCCNC1=O. The average Bonchev–Trinajstić information content (AvgIpc) is 2.43. The third-order valence-electron chi connectivity index (χ3n) is 3.05. The van der Waals surface area contributed by atoms with Gasteiger partial charge in [-0.15, -0.1) is 0 Å². The van der Waals surface area contributed by atoms with Gasteiger partial charge in [0.2, 0.25) is 11.8 Å². The van der Waals surface area contributed by atoms with Gasteiger partial charge in [-0.05, 0) is 26.2 Å². The van der Waals surface area contributed by atoms with Crippen LogP contribution in [0.1, 0.15) is 33.1 Å². The van der Waals surface area contributed by atoms with E-state index in [-0.39, 0.29) is 23.8 Å². The van der Waals surface area contributed by atoms with Gasteiger partial charge >= 0.3 is 0 Å². The first-order valence-corrected chi connectivity index (χ1v) is 5.86. The Morgan fingerprint density at radius 3 is 2.81 bits per heavy atom. The average molecular weight is 227 g/mol. The second kappa shape index (κ2) is 5.84. The molecule has 4 N–H and O–H groups in total. The largest absolute Gasteiger partial charge is 0.354 e. The van der Waals surface area contributed by atoms with Crippen molar-refractivity contribution in [3.8, 4) is 0 Å². The number of carbonyl (C=O) groups is 2. The lowest BCUT2D eigenvalue weighted by Crippen LogP contribution is -2.49. The van der Waals surface area contributed by atoms with E-state index in [1.165, 1.54) is 0 Å². The first-order chi connectivity index (χ1) is 7.52. The molecule has 0 aromatic rings. The second-order valence-electron chi connectivity index (χ2n) is 4.50. The topological polar surface area (TPSA) is 84.2 Å². The molecule has 1 fully saturated rings. The Morgan fingerprint density at radius 2 is 2.19 bits per heavy atom. The Morgan fingerprint density at radius 1 is 1.50 bits per heavy atom. The van der Waals surface area contributed by atoms with Gasteiger partial charge in [0.15, 0.2) is 0 Å². The van der Waals surface area contributed by atoms with Crippen molar-refractivity contribution in [2.45, 2.75) is 45.2 Å². The maximum absolute atomic E-state index is 11.7. The zero-order valence-electron chi connectivity index (χ0n) is 9.95. The van der Waals surface area contributed by atoms with E-state index < -0.39 is 6.04 Å². The molecule has 0 aromatic heterocycles. The summed E-state index contributed by atoms with van der Waals surface area (Å²) in [6, 6.07) is -0.593. The Balaban J connectivity index is 2.51. The zero-order valence-corrected chi connectivity index (χ0v) is 9.95. The molecule has 0 aromatic carbocycles. The number of nitrogens with two attached hydrogens (primary N) is 1. The lowest BCUT2D eigenvalue weighted by atomic mass is 10.0. The molecule has 1 aliphatic rings. The highest BCUT2D eigenvalue weighted by molar-refractivity contribution is 5.88. The summed E-state index contributed by atoms with van der Waals surface area (Å²) in [7, 11) is 0. The van der Waals surface area contributed by atoms with E-state index in [1.807, 2.05) is 0 Å². The van der Waals surface area contributed by atoms with Crippen LogP contribution in [0.3, 0.4) is 0 Å². The molecule has 0 bridgehead atoms. The summed E-state index contributed by atoms with van der Waals surface area (Å²) in [5.74, 6) is -0.490. The van der Waals surface area contributed by atoms with Gasteiger partial charge in [-0.1, -0.05) is 6.92 Å². The van der Waals surface area contributed by atoms with Crippen molar-refractivity contribution < 1.29 is 9.59 Å². The fourth-order valence-electron chi connectivity index (χ4n) is 1.62. The van der Waals surface area contributed by atoms with Gasteiger partial charge in [0.1, 0.15) is 6.04 Å². The smallest absolute Gasteiger partial charge is 0.242 e. The molecule has 3 unspecified atom stereocenters. The van der Waals surface area contributed by atoms with Gasteiger partial charge in [0.05, 0.1) is 0 Å². The maximum Gasteiger partial charge on any atom is 0.242 e. The van der Waals surface area contributed by atoms with Gasteiger partial charge in [0.25, 0.3) is 0 Å². The first-order valence-electron chi connectivity index (χ1n) is 5.86. The number of rotatable bonds is 3. The summed E-state index contributed by atoms with van der Waals surface area (Å²) in [5.41, 5.74) is 5.65. The molecule has 92 valence electrons. The molecule has 0 saturated carbocycles. The maximum atomic E-state index is 11.7. The van der Waals surface area contributed by atoms with Gasteiger partial charge in [-0.25, -0.2) is 0 Å². The Kier molecular flexibility index (Phi) is 4.73. The van der Waals surface area contributed by atoms with Gasteiger partial charge in [-0.2, -0.15) is 0 Å². The second-order valence-corrected chi connectivity index (χ2v) is 4.50. The lowest BCUT2D eigenvalue weighted by molar-refractivity contribution is -0.131. The summed E-state index contributed by atoms with van der Waals surface area (Å²) in [4.78, 5) is 23.3. The third-order valence-corrected chi connectivity index (χ3v) is 3.05. The van der Waals surface area contributed by atoms with E-state index in [9.17, 15) is 9.59 Å². The molecular weight excluding hydrogens is 206 g/mol. The molecule has 5 nitrogen and oxygen atoms in total. The van der Waals surface area contributed by atoms with Gasteiger partial charge < -0.3 is 16.4 Å². The number of hydrogen-bond donors (Lipinski definition) is 3. The van der Waals surface area contributed by atoms with Crippen LogP contribution in [-0.4, -0.2) is 30.4 Å². The van der Waals surface area contributed by atoms with Crippen molar-refractivity contribution >= 4 is 11.8 Å². The van der Waals surface area contributed by atoms with Crippen molar-refractivity contribution in [2.24, 2.45) is 11.7 Å². The summed E-state index contributed by atoms with van der Waals surface area (Å²) < 4.78 is 0. The number of hydrogen-bond acceptors (Lipinski definition) is 3. The van der Waals surface area contributed by atoms with E-state index >= 15 is 0 Å². The van der Waals surface area contributed by atoms with Crippen molar-refractivity contribution in [3.05, 3.63) is 0 Å². The molecule has 0 spiro atoms.